The molecule has 4 nitrogen and oxygen atoms in total. The van der Waals surface area contributed by atoms with Crippen LogP contribution in [0.4, 0.5) is 0 Å². The third-order valence-corrected chi connectivity index (χ3v) is 6.51. The van der Waals surface area contributed by atoms with Gasteiger partial charge in [0, 0.05) is 16.6 Å². The van der Waals surface area contributed by atoms with Crippen LogP contribution in [0.25, 0.3) is 0 Å². The molecule has 29 heavy (non-hydrogen) atoms. The lowest BCUT2D eigenvalue weighted by molar-refractivity contribution is -0.122. The van der Waals surface area contributed by atoms with Crippen molar-refractivity contribution in [3.05, 3.63) is 34.3 Å². The summed E-state index contributed by atoms with van der Waals surface area (Å²) < 4.78 is 10.5. The lowest BCUT2D eigenvalue weighted by Gasteiger charge is -2.36. The third-order valence-electron chi connectivity index (χ3n) is 6.51. The molecule has 0 heterocycles. The molecule has 0 fully saturated rings. The molecule has 0 bridgehead atoms. The molecular formula is C25H40O4. The van der Waals surface area contributed by atoms with E-state index in [2.05, 4.69) is 40.7 Å². The minimum Gasteiger partial charge on any atom is -0.489 e. The Hall–Kier alpha value is -1.84. The average Bonchev–Trinajstić information content (AvgIpc) is 2.71. The SMILES string of the molecule is CCCC(C)CCC(C)=CCC(CC)(CC)C1=C(C)C(=O)C(OC)=C(OC)C1=O. The highest BCUT2D eigenvalue weighted by Crippen LogP contribution is 2.45. The summed E-state index contributed by atoms with van der Waals surface area (Å²) in [5.74, 6) is 0.303. The predicted molar refractivity (Wildman–Crippen MR) is 118 cm³/mol. The second-order valence-electron chi connectivity index (χ2n) is 8.40. The molecule has 0 radical (unpaired) electrons. The Balaban J connectivity index is 3.20. The van der Waals surface area contributed by atoms with E-state index < -0.39 is 0 Å². The van der Waals surface area contributed by atoms with Crippen molar-refractivity contribution in [2.45, 2.75) is 86.5 Å². The van der Waals surface area contributed by atoms with Crippen molar-refractivity contribution < 1.29 is 19.1 Å². The molecule has 0 N–H and O–H groups in total. The maximum absolute atomic E-state index is 13.3. The summed E-state index contributed by atoms with van der Waals surface area (Å²) in [4.78, 5) is 26.1. The van der Waals surface area contributed by atoms with Gasteiger partial charge >= 0.3 is 0 Å². The van der Waals surface area contributed by atoms with Gasteiger partial charge < -0.3 is 9.47 Å². The summed E-state index contributed by atoms with van der Waals surface area (Å²) in [5, 5.41) is 0. The van der Waals surface area contributed by atoms with E-state index in [1.54, 1.807) is 6.92 Å². The summed E-state index contributed by atoms with van der Waals surface area (Å²) in [6.45, 7) is 12.6. The van der Waals surface area contributed by atoms with Crippen LogP contribution >= 0.6 is 0 Å². The highest BCUT2D eigenvalue weighted by atomic mass is 16.5. The van der Waals surface area contributed by atoms with Gasteiger partial charge in [0.05, 0.1) is 14.2 Å². The lowest BCUT2D eigenvalue weighted by Crippen LogP contribution is -2.35. The smallest absolute Gasteiger partial charge is 0.228 e. The lowest BCUT2D eigenvalue weighted by atomic mass is 9.67. The van der Waals surface area contributed by atoms with Gasteiger partial charge in [0.15, 0.2) is 0 Å². The first-order valence-corrected chi connectivity index (χ1v) is 11.0. The Labute approximate surface area is 177 Å². The van der Waals surface area contributed by atoms with Gasteiger partial charge in [-0.05, 0) is 51.9 Å². The monoisotopic (exact) mass is 404 g/mol. The van der Waals surface area contributed by atoms with Crippen LogP contribution in [-0.4, -0.2) is 25.8 Å². The first-order valence-electron chi connectivity index (χ1n) is 11.0. The Morgan fingerprint density at radius 2 is 1.55 bits per heavy atom. The summed E-state index contributed by atoms with van der Waals surface area (Å²) in [6, 6.07) is 0. The summed E-state index contributed by atoms with van der Waals surface area (Å²) in [6.07, 6.45) is 9.33. The molecular weight excluding hydrogens is 364 g/mol. The number of ether oxygens (including phenoxy) is 2. The fourth-order valence-corrected chi connectivity index (χ4v) is 4.36. The maximum atomic E-state index is 13.3. The summed E-state index contributed by atoms with van der Waals surface area (Å²) in [5.41, 5.74) is 2.05. The second-order valence-corrected chi connectivity index (χ2v) is 8.40. The minimum atomic E-state index is -0.379. The fourth-order valence-electron chi connectivity index (χ4n) is 4.36. The van der Waals surface area contributed by atoms with Gasteiger partial charge in [-0.15, -0.1) is 0 Å². The zero-order chi connectivity index (χ0) is 22.2. The van der Waals surface area contributed by atoms with Gasteiger partial charge in [0.1, 0.15) is 0 Å². The van der Waals surface area contributed by atoms with E-state index in [9.17, 15) is 9.59 Å². The van der Waals surface area contributed by atoms with E-state index in [0.717, 1.165) is 31.6 Å². The Morgan fingerprint density at radius 3 is 2.03 bits per heavy atom. The number of allylic oxidation sites excluding steroid dienone is 4. The molecule has 0 saturated carbocycles. The van der Waals surface area contributed by atoms with E-state index in [0.29, 0.717) is 11.1 Å². The van der Waals surface area contributed by atoms with Crippen LogP contribution in [0, 0.1) is 11.3 Å². The van der Waals surface area contributed by atoms with E-state index in [4.69, 9.17) is 9.47 Å². The Bertz CT molecular complexity index is 690. The number of ketones is 2. The first-order chi connectivity index (χ1) is 13.7. The van der Waals surface area contributed by atoms with Crippen LogP contribution in [-0.2, 0) is 19.1 Å². The van der Waals surface area contributed by atoms with Crippen molar-refractivity contribution in [3.63, 3.8) is 0 Å². The molecule has 0 amide bonds. The highest BCUT2D eigenvalue weighted by molar-refractivity contribution is 6.23. The summed E-state index contributed by atoms with van der Waals surface area (Å²) in [7, 11) is 2.81. The predicted octanol–water partition coefficient (Wildman–Crippen LogP) is 6.32. The molecule has 0 aromatic rings. The van der Waals surface area contributed by atoms with Gasteiger partial charge in [0.25, 0.3) is 0 Å². The van der Waals surface area contributed by atoms with E-state index >= 15 is 0 Å². The van der Waals surface area contributed by atoms with E-state index in [-0.39, 0.29) is 28.5 Å². The number of hydrogen-bond donors (Lipinski definition) is 0. The van der Waals surface area contributed by atoms with Crippen LogP contribution in [0.3, 0.4) is 0 Å². The van der Waals surface area contributed by atoms with Gasteiger partial charge in [-0.25, -0.2) is 0 Å². The number of methoxy groups -OCH3 is 2. The second kappa shape index (κ2) is 11.4. The third kappa shape index (κ3) is 5.61. The topological polar surface area (TPSA) is 52.6 Å². The molecule has 1 rings (SSSR count). The number of rotatable bonds is 12. The van der Waals surface area contributed by atoms with Crippen LogP contribution in [0.15, 0.2) is 34.3 Å². The average molecular weight is 405 g/mol. The van der Waals surface area contributed by atoms with Crippen LogP contribution in [0.1, 0.15) is 86.5 Å². The minimum absolute atomic E-state index is 0.0106. The molecule has 0 aromatic heterocycles. The molecule has 164 valence electrons. The molecule has 0 aromatic carbocycles. The molecule has 1 unspecified atom stereocenters. The molecule has 1 atom stereocenters. The van der Waals surface area contributed by atoms with Crippen molar-refractivity contribution >= 4 is 11.6 Å². The van der Waals surface area contributed by atoms with Crippen molar-refractivity contribution in [1.29, 1.82) is 0 Å². The van der Waals surface area contributed by atoms with Gasteiger partial charge in [-0.3, -0.25) is 9.59 Å². The Morgan fingerprint density at radius 1 is 1.00 bits per heavy atom. The first kappa shape index (κ1) is 25.2. The fraction of sp³-hybridized carbons (Fsp3) is 0.680. The Kier molecular flexibility index (Phi) is 9.88. The van der Waals surface area contributed by atoms with Crippen LogP contribution < -0.4 is 0 Å². The van der Waals surface area contributed by atoms with Crippen molar-refractivity contribution in [2.24, 2.45) is 11.3 Å². The number of carbonyl (C=O) groups is 2. The molecule has 0 aliphatic heterocycles. The van der Waals surface area contributed by atoms with Crippen LogP contribution in [0.2, 0.25) is 0 Å². The molecule has 1 aliphatic carbocycles. The molecule has 0 saturated heterocycles. The molecule has 0 spiro atoms. The maximum Gasteiger partial charge on any atom is 0.228 e. The van der Waals surface area contributed by atoms with Gasteiger partial charge in [-0.2, -0.15) is 0 Å². The van der Waals surface area contributed by atoms with Crippen molar-refractivity contribution in [1.82, 2.24) is 0 Å². The number of carbonyl (C=O) groups excluding carboxylic acids is 2. The normalized spacial score (nSPS) is 17.2. The quantitative estimate of drug-likeness (QED) is 0.282. The standard InChI is InChI=1S/C25H40O4/c1-9-12-17(4)13-14-18(5)15-16-25(10-2,11-3)20-19(6)21(26)23(28-7)24(29-8)22(20)27/h15,17H,9-14,16H2,1-8H3. The van der Waals surface area contributed by atoms with Gasteiger partial charge in [-0.1, -0.05) is 52.2 Å². The van der Waals surface area contributed by atoms with E-state index in [1.165, 1.54) is 39.1 Å². The molecule has 4 heteroatoms. The number of hydrogen-bond acceptors (Lipinski definition) is 4. The van der Waals surface area contributed by atoms with Gasteiger partial charge in [0.2, 0.25) is 23.1 Å². The van der Waals surface area contributed by atoms with Crippen molar-refractivity contribution in [2.75, 3.05) is 14.2 Å². The van der Waals surface area contributed by atoms with E-state index in [1.807, 2.05) is 0 Å². The highest BCUT2D eigenvalue weighted by Gasteiger charge is 2.43. The number of Topliss-reactive ketones (excluding diaryl/α,β-unsaturated/α-hetero) is 2. The van der Waals surface area contributed by atoms with Crippen LogP contribution in [0.5, 0.6) is 0 Å². The zero-order valence-corrected chi connectivity index (χ0v) is 19.7. The van der Waals surface area contributed by atoms with Crippen molar-refractivity contribution in [3.8, 4) is 0 Å². The largest absolute Gasteiger partial charge is 0.489 e. The summed E-state index contributed by atoms with van der Waals surface area (Å²) >= 11 is 0. The molecule has 1 aliphatic rings. The zero-order valence-electron chi connectivity index (χ0n) is 19.7.